The maximum absolute atomic E-state index is 13.2. The Bertz CT molecular complexity index is 396. The molecule has 3 heteroatoms. The predicted octanol–water partition coefficient (Wildman–Crippen LogP) is 4.31. The monoisotopic (exact) mass is 269 g/mol. The topological polar surface area (TPSA) is 12.0 Å². The van der Waals surface area contributed by atoms with Crippen LogP contribution in [0, 0.1) is 17.0 Å². The normalized spacial score (nSPS) is 13.6. The van der Waals surface area contributed by atoms with Gasteiger partial charge in [0, 0.05) is 6.04 Å². The largest absolute Gasteiger partial charge is 0.314 e. The molecule has 1 N–H and O–H groups in total. The quantitative estimate of drug-likeness (QED) is 0.811. The fourth-order valence-corrected chi connectivity index (χ4v) is 2.26. The molecule has 0 saturated carbocycles. The lowest BCUT2D eigenvalue weighted by Crippen LogP contribution is -2.35. The molecule has 1 aromatic rings. The molecule has 0 aromatic heterocycles. The van der Waals surface area contributed by atoms with E-state index in [9.17, 15) is 8.78 Å². The molecule has 0 saturated heterocycles. The zero-order valence-corrected chi connectivity index (χ0v) is 12.4. The second-order valence-corrected chi connectivity index (χ2v) is 6.37. The van der Waals surface area contributed by atoms with Crippen molar-refractivity contribution in [3.63, 3.8) is 0 Å². The Morgan fingerprint density at radius 1 is 1.16 bits per heavy atom. The second kappa shape index (κ2) is 6.99. The summed E-state index contributed by atoms with van der Waals surface area (Å²) < 4.78 is 26.1. The van der Waals surface area contributed by atoms with Crippen molar-refractivity contribution in [2.45, 2.75) is 53.0 Å². The molecule has 19 heavy (non-hydrogen) atoms. The lowest BCUT2D eigenvalue weighted by atomic mass is 9.86. The Morgan fingerprint density at radius 2 is 1.84 bits per heavy atom. The minimum absolute atomic E-state index is 0.212. The van der Waals surface area contributed by atoms with Gasteiger partial charge in [-0.3, -0.25) is 0 Å². The highest BCUT2D eigenvalue weighted by Crippen LogP contribution is 2.23. The van der Waals surface area contributed by atoms with Crippen LogP contribution in [0.15, 0.2) is 18.2 Å². The van der Waals surface area contributed by atoms with Gasteiger partial charge >= 0.3 is 0 Å². The van der Waals surface area contributed by atoms with Crippen LogP contribution in [0.4, 0.5) is 8.78 Å². The molecule has 0 aliphatic carbocycles. The van der Waals surface area contributed by atoms with Crippen LogP contribution < -0.4 is 5.32 Å². The van der Waals surface area contributed by atoms with Gasteiger partial charge in [-0.1, -0.05) is 33.8 Å². The van der Waals surface area contributed by atoms with Crippen molar-refractivity contribution in [2.24, 2.45) is 5.41 Å². The van der Waals surface area contributed by atoms with Gasteiger partial charge in [-0.05, 0) is 48.9 Å². The summed E-state index contributed by atoms with van der Waals surface area (Å²) in [6, 6.07) is 4.48. The van der Waals surface area contributed by atoms with Crippen LogP contribution in [0.5, 0.6) is 0 Å². The molecule has 0 heterocycles. The molecule has 0 radical (unpaired) electrons. The van der Waals surface area contributed by atoms with Gasteiger partial charge < -0.3 is 5.32 Å². The SMILES string of the molecule is CCCNC(Cc1ccc(F)c(F)c1)CC(C)(C)C. The first-order chi connectivity index (χ1) is 8.81. The predicted molar refractivity (Wildman–Crippen MR) is 76.2 cm³/mol. The van der Waals surface area contributed by atoms with Gasteiger partial charge in [0.2, 0.25) is 0 Å². The average Bonchev–Trinajstić information content (AvgIpc) is 2.29. The summed E-state index contributed by atoms with van der Waals surface area (Å²) >= 11 is 0. The summed E-state index contributed by atoms with van der Waals surface area (Å²) in [4.78, 5) is 0. The third kappa shape index (κ3) is 6.15. The van der Waals surface area contributed by atoms with Crippen LogP contribution in [0.25, 0.3) is 0 Å². The van der Waals surface area contributed by atoms with E-state index in [0.29, 0.717) is 6.04 Å². The molecule has 108 valence electrons. The zero-order chi connectivity index (χ0) is 14.5. The van der Waals surface area contributed by atoms with Crippen LogP contribution in [-0.2, 0) is 6.42 Å². The minimum Gasteiger partial charge on any atom is -0.314 e. The highest BCUT2D eigenvalue weighted by molar-refractivity contribution is 5.19. The van der Waals surface area contributed by atoms with E-state index in [1.165, 1.54) is 12.1 Å². The molecule has 1 aromatic carbocycles. The molecule has 0 spiro atoms. The van der Waals surface area contributed by atoms with Crippen molar-refractivity contribution in [3.05, 3.63) is 35.4 Å². The van der Waals surface area contributed by atoms with Crippen molar-refractivity contribution in [1.29, 1.82) is 0 Å². The molecule has 0 aliphatic heterocycles. The van der Waals surface area contributed by atoms with Gasteiger partial charge in [-0.15, -0.1) is 0 Å². The highest BCUT2D eigenvalue weighted by atomic mass is 19.2. The summed E-state index contributed by atoms with van der Waals surface area (Å²) in [5.74, 6) is -1.54. The molecule has 0 amide bonds. The number of hydrogen-bond donors (Lipinski definition) is 1. The minimum atomic E-state index is -0.780. The van der Waals surface area contributed by atoms with Crippen molar-refractivity contribution < 1.29 is 8.78 Å². The van der Waals surface area contributed by atoms with Gasteiger partial charge in [0.15, 0.2) is 11.6 Å². The van der Waals surface area contributed by atoms with E-state index >= 15 is 0 Å². The molecule has 1 nitrogen and oxygen atoms in total. The molecule has 1 rings (SSSR count). The summed E-state index contributed by atoms with van der Waals surface area (Å²) in [7, 11) is 0. The first kappa shape index (κ1) is 16.1. The fraction of sp³-hybridized carbons (Fsp3) is 0.625. The maximum atomic E-state index is 13.2. The lowest BCUT2D eigenvalue weighted by Gasteiger charge is -2.27. The van der Waals surface area contributed by atoms with Crippen LogP contribution in [0.2, 0.25) is 0 Å². The first-order valence-electron chi connectivity index (χ1n) is 6.99. The van der Waals surface area contributed by atoms with Gasteiger partial charge in [-0.2, -0.15) is 0 Å². The molecule has 0 fully saturated rings. The van der Waals surface area contributed by atoms with E-state index in [1.807, 2.05) is 0 Å². The number of hydrogen-bond acceptors (Lipinski definition) is 1. The third-order valence-electron chi connectivity index (χ3n) is 3.01. The van der Waals surface area contributed by atoms with E-state index in [1.54, 1.807) is 6.07 Å². The number of halogens is 2. The molecule has 0 bridgehead atoms. The third-order valence-corrected chi connectivity index (χ3v) is 3.01. The standard InChI is InChI=1S/C16H25F2N/c1-5-8-19-13(11-16(2,3)4)9-12-6-7-14(17)15(18)10-12/h6-7,10,13,19H,5,8-9,11H2,1-4H3. The van der Waals surface area contributed by atoms with Crippen molar-refractivity contribution in [3.8, 4) is 0 Å². The fourth-order valence-electron chi connectivity index (χ4n) is 2.26. The Labute approximate surface area is 115 Å². The number of benzene rings is 1. The van der Waals surface area contributed by atoms with Crippen molar-refractivity contribution in [2.75, 3.05) is 6.54 Å². The van der Waals surface area contributed by atoms with Crippen LogP contribution >= 0.6 is 0 Å². The van der Waals surface area contributed by atoms with Crippen LogP contribution in [0.1, 0.15) is 46.1 Å². The molecular weight excluding hydrogens is 244 g/mol. The smallest absolute Gasteiger partial charge is 0.159 e. The Hall–Kier alpha value is -0.960. The first-order valence-corrected chi connectivity index (χ1v) is 6.99. The van der Waals surface area contributed by atoms with E-state index in [0.717, 1.165) is 31.4 Å². The zero-order valence-electron chi connectivity index (χ0n) is 12.4. The Morgan fingerprint density at radius 3 is 2.37 bits per heavy atom. The Balaban J connectivity index is 2.72. The Kier molecular flexibility index (Phi) is 5.92. The second-order valence-electron chi connectivity index (χ2n) is 6.37. The summed E-state index contributed by atoms with van der Waals surface area (Å²) in [5, 5.41) is 3.49. The number of nitrogens with one attached hydrogen (secondary N) is 1. The molecule has 1 unspecified atom stereocenters. The number of rotatable bonds is 6. The van der Waals surface area contributed by atoms with E-state index in [-0.39, 0.29) is 5.41 Å². The molecule has 0 aliphatic rings. The van der Waals surface area contributed by atoms with Gasteiger partial charge in [0.1, 0.15) is 0 Å². The molecular formula is C16H25F2N. The van der Waals surface area contributed by atoms with Crippen molar-refractivity contribution >= 4 is 0 Å². The van der Waals surface area contributed by atoms with E-state index in [4.69, 9.17) is 0 Å². The van der Waals surface area contributed by atoms with E-state index < -0.39 is 11.6 Å². The van der Waals surface area contributed by atoms with Gasteiger partial charge in [0.05, 0.1) is 0 Å². The summed E-state index contributed by atoms with van der Waals surface area (Å²) in [5.41, 5.74) is 1.06. The van der Waals surface area contributed by atoms with Crippen molar-refractivity contribution in [1.82, 2.24) is 5.32 Å². The van der Waals surface area contributed by atoms with E-state index in [2.05, 4.69) is 33.0 Å². The van der Waals surface area contributed by atoms with Gasteiger partial charge in [-0.25, -0.2) is 8.78 Å². The van der Waals surface area contributed by atoms with Crippen LogP contribution in [-0.4, -0.2) is 12.6 Å². The lowest BCUT2D eigenvalue weighted by molar-refractivity contribution is 0.306. The molecule has 1 atom stereocenters. The average molecular weight is 269 g/mol. The van der Waals surface area contributed by atoms with Crippen LogP contribution in [0.3, 0.4) is 0 Å². The maximum Gasteiger partial charge on any atom is 0.159 e. The van der Waals surface area contributed by atoms with Gasteiger partial charge in [0.25, 0.3) is 0 Å². The summed E-state index contributed by atoms with van der Waals surface area (Å²) in [6.45, 7) is 9.65. The summed E-state index contributed by atoms with van der Waals surface area (Å²) in [6.07, 6.45) is 2.80. The highest BCUT2D eigenvalue weighted by Gasteiger charge is 2.19.